The average molecular weight is 275 g/mol. The van der Waals surface area contributed by atoms with Gasteiger partial charge in [-0.1, -0.05) is 18.2 Å². The molecule has 19 heavy (non-hydrogen) atoms. The quantitative estimate of drug-likeness (QED) is 0.651. The monoisotopic (exact) mass is 275 g/mol. The molecule has 0 saturated carbocycles. The summed E-state index contributed by atoms with van der Waals surface area (Å²) in [4.78, 5) is 4.31. The Morgan fingerprint density at radius 1 is 1.37 bits per heavy atom. The predicted molar refractivity (Wildman–Crippen MR) is 80.4 cm³/mol. The number of thiophene rings is 1. The highest BCUT2D eigenvalue weighted by Gasteiger charge is 2.02. The summed E-state index contributed by atoms with van der Waals surface area (Å²) < 4.78 is 5.15. The second-order valence-electron chi connectivity index (χ2n) is 4.05. The number of nitrogens with two attached hydrogens (primary N) is 1. The zero-order valence-corrected chi connectivity index (χ0v) is 11.6. The van der Waals surface area contributed by atoms with E-state index in [9.17, 15) is 0 Å². The molecule has 0 radical (unpaired) electrons. The van der Waals surface area contributed by atoms with Crippen LogP contribution in [0.4, 0.5) is 5.69 Å². The summed E-state index contributed by atoms with van der Waals surface area (Å²) in [7, 11) is 1.67. The third-order valence-corrected chi connectivity index (χ3v) is 3.32. The van der Waals surface area contributed by atoms with E-state index in [1.165, 1.54) is 5.56 Å². The lowest BCUT2D eigenvalue weighted by Crippen LogP contribution is -2.23. The molecule has 0 bridgehead atoms. The Balaban J connectivity index is 2.01. The van der Waals surface area contributed by atoms with Crippen molar-refractivity contribution >= 4 is 23.0 Å². The van der Waals surface area contributed by atoms with Gasteiger partial charge in [0.1, 0.15) is 0 Å². The molecule has 0 aliphatic heterocycles. The highest BCUT2D eigenvalue weighted by Crippen LogP contribution is 2.15. The maximum absolute atomic E-state index is 5.89. The molecule has 2 rings (SSSR count). The van der Waals surface area contributed by atoms with E-state index in [1.54, 1.807) is 18.4 Å². The van der Waals surface area contributed by atoms with E-state index >= 15 is 0 Å². The van der Waals surface area contributed by atoms with E-state index in [0.29, 0.717) is 19.1 Å². The van der Waals surface area contributed by atoms with Crippen molar-refractivity contribution in [3.63, 3.8) is 0 Å². The van der Waals surface area contributed by atoms with Gasteiger partial charge in [-0.25, -0.2) is 4.99 Å². The fraction of sp³-hybridized carbons (Fsp3) is 0.214. The van der Waals surface area contributed by atoms with Gasteiger partial charge < -0.3 is 15.8 Å². The van der Waals surface area contributed by atoms with Gasteiger partial charge in [0.2, 0.25) is 0 Å². The molecule has 5 heteroatoms. The zero-order valence-electron chi connectivity index (χ0n) is 10.8. The number of nitrogens with zero attached hydrogens (tertiary/aromatic N) is 1. The van der Waals surface area contributed by atoms with Gasteiger partial charge in [-0.2, -0.15) is 11.3 Å². The topological polar surface area (TPSA) is 59.6 Å². The molecule has 100 valence electrons. The first kappa shape index (κ1) is 13.6. The number of anilines is 1. The van der Waals surface area contributed by atoms with Crippen LogP contribution in [-0.4, -0.2) is 13.1 Å². The summed E-state index contributed by atoms with van der Waals surface area (Å²) in [6, 6.07) is 9.92. The van der Waals surface area contributed by atoms with E-state index in [2.05, 4.69) is 15.7 Å². The predicted octanol–water partition coefficient (Wildman–Crippen LogP) is 2.82. The lowest BCUT2D eigenvalue weighted by molar-refractivity contribution is 0.185. The fourth-order valence-electron chi connectivity index (χ4n) is 1.66. The number of hydrogen-bond acceptors (Lipinski definition) is 3. The number of rotatable bonds is 5. The Morgan fingerprint density at radius 2 is 2.21 bits per heavy atom. The van der Waals surface area contributed by atoms with Gasteiger partial charge in [-0.3, -0.25) is 0 Å². The van der Waals surface area contributed by atoms with Crippen LogP contribution < -0.4 is 11.1 Å². The molecule has 0 aliphatic carbocycles. The zero-order chi connectivity index (χ0) is 13.5. The number of nitrogens with one attached hydrogen (secondary N) is 1. The molecule has 1 heterocycles. The Labute approximate surface area is 116 Å². The summed E-state index contributed by atoms with van der Waals surface area (Å²) in [5.74, 6) is 0.412. The molecule has 0 spiro atoms. The SMILES string of the molecule is COCc1ccccc1NC(N)=NCc1ccsc1. The minimum atomic E-state index is 0.412. The van der Waals surface area contributed by atoms with Gasteiger partial charge >= 0.3 is 0 Å². The number of ether oxygens (including phenoxy) is 1. The van der Waals surface area contributed by atoms with Crippen molar-refractivity contribution in [1.82, 2.24) is 0 Å². The molecule has 0 unspecified atom stereocenters. The minimum Gasteiger partial charge on any atom is -0.380 e. The average Bonchev–Trinajstić information content (AvgIpc) is 2.92. The number of para-hydroxylation sites is 1. The van der Waals surface area contributed by atoms with Gasteiger partial charge in [0.25, 0.3) is 0 Å². The largest absolute Gasteiger partial charge is 0.380 e. The molecule has 2 aromatic rings. The van der Waals surface area contributed by atoms with Crippen LogP contribution in [-0.2, 0) is 17.9 Å². The molecular formula is C14H17N3OS. The molecule has 0 atom stereocenters. The third-order valence-electron chi connectivity index (χ3n) is 2.59. The molecule has 0 amide bonds. The smallest absolute Gasteiger partial charge is 0.193 e. The number of hydrogen-bond donors (Lipinski definition) is 2. The van der Waals surface area contributed by atoms with Gasteiger partial charge in [-0.15, -0.1) is 0 Å². The van der Waals surface area contributed by atoms with Crippen LogP contribution >= 0.6 is 11.3 Å². The van der Waals surface area contributed by atoms with Crippen LogP contribution in [0.25, 0.3) is 0 Å². The van der Waals surface area contributed by atoms with Gasteiger partial charge in [0, 0.05) is 18.4 Å². The third kappa shape index (κ3) is 4.08. The maximum atomic E-state index is 5.89. The van der Waals surface area contributed by atoms with Crippen LogP contribution in [0.15, 0.2) is 46.1 Å². The van der Waals surface area contributed by atoms with Crippen molar-refractivity contribution in [2.45, 2.75) is 13.2 Å². The molecule has 0 aliphatic rings. The van der Waals surface area contributed by atoms with E-state index in [0.717, 1.165) is 11.3 Å². The van der Waals surface area contributed by atoms with E-state index < -0.39 is 0 Å². The number of benzene rings is 1. The van der Waals surface area contributed by atoms with Gasteiger partial charge in [0.15, 0.2) is 5.96 Å². The first-order chi connectivity index (χ1) is 9.29. The summed E-state index contributed by atoms with van der Waals surface area (Å²) in [6.07, 6.45) is 0. The van der Waals surface area contributed by atoms with Crippen molar-refractivity contribution in [3.05, 3.63) is 52.2 Å². The maximum Gasteiger partial charge on any atom is 0.193 e. The minimum absolute atomic E-state index is 0.412. The number of guanidine groups is 1. The van der Waals surface area contributed by atoms with Crippen molar-refractivity contribution in [2.24, 2.45) is 10.7 Å². The van der Waals surface area contributed by atoms with E-state index in [1.807, 2.05) is 35.7 Å². The Kier molecular flexibility index (Phi) is 4.94. The van der Waals surface area contributed by atoms with Crippen LogP contribution in [0.1, 0.15) is 11.1 Å². The van der Waals surface area contributed by atoms with Crippen LogP contribution in [0.2, 0.25) is 0 Å². The van der Waals surface area contributed by atoms with Crippen molar-refractivity contribution in [2.75, 3.05) is 12.4 Å². The lowest BCUT2D eigenvalue weighted by atomic mass is 10.2. The fourth-order valence-corrected chi connectivity index (χ4v) is 2.32. The van der Waals surface area contributed by atoms with Gasteiger partial charge in [0.05, 0.1) is 13.2 Å². The van der Waals surface area contributed by atoms with Crippen LogP contribution in [0.3, 0.4) is 0 Å². The molecule has 0 saturated heterocycles. The number of aliphatic imine (C=N–C) groups is 1. The second kappa shape index (κ2) is 6.92. The molecule has 3 N–H and O–H groups in total. The standard InChI is InChI=1S/C14H17N3OS/c1-18-9-12-4-2-3-5-13(12)17-14(15)16-8-11-6-7-19-10-11/h2-7,10H,8-9H2,1H3,(H3,15,16,17). The normalized spacial score (nSPS) is 11.5. The number of methoxy groups -OCH3 is 1. The second-order valence-corrected chi connectivity index (χ2v) is 4.83. The molecule has 0 fully saturated rings. The Morgan fingerprint density at radius 3 is 2.95 bits per heavy atom. The first-order valence-electron chi connectivity index (χ1n) is 5.94. The molecule has 1 aromatic carbocycles. The van der Waals surface area contributed by atoms with Gasteiger partial charge in [-0.05, 0) is 28.5 Å². The van der Waals surface area contributed by atoms with E-state index in [4.69, 9.17) is 10.5 Å². The highest BCUT2D eigenvalue weighted by molar-refractivity contribution is 7.07. The molecule has 4 nitrogen and oxygen atoms in total. The summed E-state index contributed by atoms with van der Waals surface area (Å²) in [5.41, 5.74) is 9.04. The van der Waals surface area contributed by atoms with Crippen molar-refractivity contribution in [1.29, 1.82) is 0 Å². The summed E-state index contributed by atoms with van der Waals surface area (Å²) in [5, 5.41) is 7.20. The highest BCUT2D eigenvalue weighted by atomic mass is 32.1. The van der Waals surface area contributed by atoms with Crippen molar-refractivity contribution in [3.8, 4) is 0 Å². The van der Waals surface area contributed by atoms with Crippen molar-refractivity contribution < 1.29 is 4.74 Å². The Bertz CT molecular complexity index is 537. The summed E-state index contributed by atoms with van der Waals surface area (Å²) in [6.45, 7) is 1.13. The van der Waals surface area contributed by atoms with Crippen LogP contribution in [0, 0.1) is 0 Å². The van der Waals surface area contributed by atoms with E-state index in [-0.39, 0.29) is 0 Å². The lowest BCUT2D eigenvalue weighted by Gasteiger charge is -2.10. The van der Waals surface area contributed by atoms with Crippen LogP contribution in [0.5, 0.6) is 0 Å². The molecular weight excluding hydrogens is 258 g/mol. The summed E-state index contributed by atoms with van der Waals surface area (Å²) >= 11 is 1.66. The first-order valence-corrected chi connectivity index (χ1v) is 6.88. The Hall–Kier alpha value is -1.85. The molecule has 1 aromatic heterocycles.